The second-order valence-corrected chi connectivity index (χ2v) is 6.46. The number of nitrogens with one attached hydrogen (secondary N) is 1. The quantitative estimate of drug-likeness (QED) is 0.434. The van der Waals surface area contributed by atoms with Gasteiger partial charge >= 0.3 is 0 Å². The molecule has 0 aliphatic rings. The number of halogens is 1. The third kappa shape index (κ3) is 1.88. The van der Waals surface area contributed by atoms with E-state index in [-0.39, 0.29) is 10.9 Å². The fourth-order valence-corrected chi connectivity index (χ4v) is 3.68. The van der Waals surface area contributed by atoms with Gasteiger partial charge < -0.3 is 9.55 Å². The lowest BCUT2D eigenvalue weighted by Crippen LogP contribution is -2.11. The summed E-state index contributed by atoms with van der Waals surface area (Å²) in [5, 5.41) is 1.89. The highest BCUT2D eigenvalue weighted by molar-refractivity contribution is 6.03. The van der Waals surface area contributed by atoms with Crippen LogP contribution in [0.25, 0.3) is 43.6 Å². The van der Waals surface area contributed by atoms with Crippen LogP contribution in [0.15, 0.2) is 64.2 Å². The van der Waals surface area contributed by atoms with Gasteiger partial charge in [0.2, 0.25) is 0 Å². The molecule has 0 unspecified atom stereocenters. The summed E-state index contributed by atoms with van der Waals surface area (Å²) in [5.41, 5.74) is 2.25. The minimum absolute atomic E-state index is 0.0806. The molecule has 4 nitrogen and oxygen atoms in total. The van der Waals surface area contributed by atoms with Gasteiger partial charge in [-0.05, 0) is 42.5 Å². The average molecular weight is 344 g/mol. The van der Waals surface area contributed by atoms with Crippen LogP contribution >= 0.6 is 0 Å². The fraction of sp³-hybridized carbons (Fsp3) is 0.0476. The molecule has 1 N–H and O–H groups in total. The molecular weight excluding hydrogens is 331 g/mol. The molecular formula is C21H13FN2O2. The van der Waals surface area contributed by atoms with E-state index in [2.05, 4.69) is 4.98 Å². The minimum atomic E-state index is -0.450. The highest BCUT2D eigenvalue weighted by atomic mass is 19.1. The summed E-state index contributed by atoms with van der Waals surface area (Å²) in [6.07, 6.45) is 0. The molecule has 0 radical (unpaired) electrons. The lowest BCUT2D eigenvalue weighted by molar-refractivity contribution is 0.629. The Hall–Kier alpha value is -3.47. The van der Waals surface area contributed by atoms with E-state index in [1.54, 1.807) is 24.3 Å². The number of para-hydroxylation sites is 1. The highest BCUT2D eigenvalue weighted by Crippen LogP contribution is 2.23. The van der Waals surface area contributed by atoms with Crippen molar-refractivity contribution >= 4 is 43.6 Å². The molecule has 2 aromatic heterocycles. The van der Waals surface area contributed by atoms with Crippen molar-refractivity contribution in [1.29, 1.82) is 0 Å². The third-order valence-electron chi connectivity index (χ3n) is 4.99. The van der Waals surface area contributed by atoms with Crippen LogP contribution < -0.4 is 10.9 Å². The molecule has 0 fully saturated rings. The molecule has 126 valence electrons. The van der Waals surface area contributed by atoms with E-state index >= 15 is 0 Å². The van der Waals surface area contributed by atoms with Gasteiger partial charge in [-0.1, -0.05) is 12.1 Å². The summed E-state index contributed by atoms with van der Waals surface area (Å²) in [4.78, 5) is 29.0. The molecule has 5 aromatic rings. The number of pyridine rings is 2. The van der Waals surface area contributed by atoms with Crippen LogP contribution in [-0.4, -0.2) is 9.55 Å². The van der Waals surface area contributed by atoms with Gasteiger partial charge in [0.1, 0.15) is 5.82 Å². The normalized spacial score (nSPS) is 11.8. The van der Waals surface area contributed by atoms with Crippen molar-refractivity contribution < 1.29 is 4.39 Å². The van der Waals surface area contributed by atoms with E-state index in [1.807, 2.05) is 29.8 Å². The SMILES string of the molecule is Cn1c2ccc(F)cc2c(=O)c2cc3[nH]c4ccccc4c(=O)c3cc21. The van der Waals surface area contributed by atoms with Crippen LogP contribution in [-0.2, 0) is 7.05 Å². The molecule has 26 heavy (non-hydrogen) atoms. The lowest BCUT2D eigenvalue weighted by atomic mass is 10.0. The fourth-order valence-electron chi connectivity index (χ4n) is 3.68. The molecule has 5 heteroatoms. The van der Waals surface area contributed by atoms with Crippen LogP contribution in [0, 0.1) is 5.82 Å². The van der Waals surface area contributed by atoms with E-state index in [9.17, 15) is 14.0 Å². The van der Waals surface area contributed by atoms with Crippen LogP contribution in [0.4, 0.5) is 4.39 Å². The van der Waals surface area contributed by atoms with E-state index < -0.39 is 5.82 Å². The number of hydrogen-bond acceptors (Lipinski definition) is 2. The predicted molar refractivity (Wildman–Crippen MR) is 102 cm³/mol. The van der Waals surface area contributed by atoms with Crippen molar-refractivity contribution in [3.8, 4) is 0 Å². The maximum atomic E-state index is 13.6. The van der Waals surface area contributed by atoms with Gasteiger partial charge in [-0.25, -0.2) is 4.39 Å². The number of H-pyrrole nitrogens is 1. The van der Waals surface area contributed by atoms with Crippen molar-refractivity contribution in [2.24, 2.45) is 7.05 Å². The highest BCUT2D eigenvalue weighted by Gasteiger charge is 2.13. The topological polar surface area (TPSA) is 54.9 Å². The van der Waals surface area contributed by atoms with Crippen LogP contribution in [0.1, 0.15) is 0 Å². The Labute approximate surface area is 146 Å². The number of hydrogen-bond donors (Lipinski definition) is 1. The van der Waals surface area contributed by atoms with Crippen molar-refractivity contribution in [2.75, 3.05) is 0 Å². The third-order valence-corrected chi connectivity index (χ3v) is 4.99. The summed E-state index contributed by atoms with van der Waals surface area (Å²) in [7, 11) is 1.81. The molecule has 0 bridgehead atoms. The Kier molecular flexibility index (Phi) is 2.86. The first-order chi connectivity index (χ1) is 12.5. The molecule has 0 aliphatic carbocycles. The maximum absolute atomic E-state index is 13.6. The van der Waals surface area contributed by atoms with Crippen LogP contribution in [0.2, 0.25) is 0 Å². The number of benzene rings is 3. The van der Waals surface area contributed by atoms with Gasteiger partial charge in [-0.2, -0.15) is 0 Å². The zero-order valence-electron chi connectivity index (χ0n) is 13.8. The lowest BCUT2D eigenvalue weighted by Gasteiger charge is -2.12. The summed E-state index contributed by atoms with van der Waals surface area (Å²) in [6.45, 7) is 0. The smallest absolute Gasteiger partial charge is 0.197 e. The van der Waals surface area contributed by atoms with Gasteiger partial charge in [0.25, 0.3) is 0 Å². The van der Waals surface area contributed by atoms with Crippen LogP contribution in [0.3, 0.4) is 0 Å². The Balaban J connectivity index is 2.06. The second-order valence-electron chi connectivity index (χ2n) is 6.46. The molecule has 3 aromatic carbocycles. The molecule has 0 saturated carbocycles. The van der Waals surface area contributed by atoms with Crippen molar-refractivity contribution in [2.45, 2.75) is 0 Å². The number of nitrogens with zero attached hydrogens (tertiary/aromatic N) is 1. The Morgan fingerprint density at radius 3 is 2.35 bits per heavy atom. The first-order valence-electron chi connectivity index (χ1n) is 8.21. The molecule has 0 saturated heterocycles. The molecule has 0 spiro atoms. The minimum Gasteiger partial charge on any atom is -0.354 e. The number of aromatic nitrogens is 2. The largest absolute Gasteiger partial charge is 0.354 e. The standard InChI is InChI=1S/C21H13FN2O2/c1-24-18-7-6-11(22)8-14(18)21(26)15-9-17-13(10-19(15)24)20(25)12-4-2-3-5-16(12)23-17/h2-10H,1H3,(H,23,25). The summed E-state index contributed by atoms with van der Waals surface area (Å²) >= 11 is 0. The second kappa shape index (κ2) is 5.02. The Bertz CT molecular complexity index is 1500. The summed E-state index contributed by atoms with van der Waals surface area (Å²) < 4.78 is 15.5. The first kappa shape index (κ1) is 14.8. The van der Waals surface area contributed by atoms with Crippen LogP contribution in [0.5, 0.6) is 0 Å². The van der Waals surface area contributed by atoms with Gasteiger partial charge in [-0.3, -0.25) is 9.59 Å². The monoisotopic (exact) mass is 344 g/mol. The molecule has 5 rings (SSSR count). The number of aryl methyl sites for hydroxylation is 1. The van der Waals surface area contributed by atoms with E-state index in [4.69, 9.17) is 0 Å². The zero-order chi connectivity index (χ0) is 18.0. The van der Waals surface area contributed by atoms with Gasteiger partial charge in [-0.15, -0.1) is 0 Å². The van der Waals surface area contributed by atoms with Gasteiger partial charge in [0.15, 0.2) is 10.9 Å². The van der Waals surface area contributed by atoms with E-state index in [0.29, 0.717) is 43.6 Å². The average Bonchev–Trinajstić information content (AvgIpc) is 2.65. The number of rotatable bonds is 0. The van der Waals surface area contributed by atoms with E-state index in [0.717, 1.165) is 0 Å². The molecule has 0 aliphatic heterocycles. The van der Waals surface area contributed by atoms with Crippen molar-refractivity contribution in [1.82, 2.24) is 9.55 Å². The zero-order valence-corrected chi connectivity index (χ0v) is 13.8. The first-order valence-corrected chi connectivity index (χ1v) is 8.21. The molecule has 2 heterocycles. The number of aromatic amines is 1. The maximum Gasteiger partial charge on any atom is 0.197 e. The summed E-state index contributed by atoms with van der Waals surface area (Å²) in [5.74, 6) is -0.450. The molecule has 0 amide bonds. The predicted octanol–water partition coefficient (Wildman–Crippen LogP) is 3.83. The molecule has 0 atom stereocenters. The van der Waals surface area contributed by atoms with Crippen molar-refractivity contribution in [3.63, 3.8) is 0 Å². The van der Waals surface area contributed by atoms with E-state index in [1.165, 1.54) is 12.1 Å². The van der Waals surface area contributed by atoms with Crippen molar-refractivity contribution in [3.05, 3.63) is 80.9 Å². The Morgan fingerprint density at radius 1 is 0.769 bits per heavy atom. The van der Waals surface area contributed by atoms with Gasteiger partial charge in [0.05, 0.1) is 16.6 Å². The van der Waals surface area contributed by atoms with Gasteiger partial charge in [0, 0.05) is 34.1 Å². The summed E-state index contributed by atoms with van der Waals surface area (Å²) in [6, 6.07) is 14.9. The Morgan fingerprint density at radius 2 is 1.50 bits per heavy atom. The number of fused-ring (bicyclic) bond motifs is 4.